The van der Waals surface area contributed by atoms with Gasteiger partial charge < -0.3 is 0 Å². The van der Waals surface area contributed by atoms with Crippen molar-refractivity contribution < 1.29 is 9.59 Å². The van der Waals surface area contributed by atoms with Crippen LogP contribution in [0.2, 0.25) is 5.02 Å². The van der Waals surface area contributed by atoms with E-state index < -0.39 is 11.8 Å². The SMILES string of the molecule is O=C(C=Cc1ccccc1)NNC(=O)/C=C/c1cccc(Cl)c1. The zero-order chi connectivity index (χ0) is 16.5. The smallest absolute Gasteiger partial charge is 0.262 e. The van der Waals surface area contributed by atoms with Gasteiger partial charge in [-0.2, -0.15) is 0 Å². The Morgan fingerprint density at radius 3 is 1.96 bits per heavy atom. The molecule has 2 rings (SSSR count). The molecule has 4 nitrogen and oxygen atoms in total. The Morgan fingerprint density at radius 2 is 1.35 bits per heavy atom. The van der Waals surface area contributed by atoms with Crippen LogP contribution < -0.4 is 10.9 Å². The van der Waals surface area contributed by atoms with E-state index in [1.165, 1.54) is 12.2 Å². The van der Waals surface area contributed by atoms with Gasteiger partial charge in [-0.25, -0.2) is 0 Å². The van der Waals surface area contributed by atoms with Crippen molar-refractivity contribution in [3.8, 4) is 0 Å². The molecule has 0 aromatic heterocycles. The van der Waals surface area contributed by atoms with E-state index in [-0.39, 0.29) is 0 Å². The molecule has 23 heavy (non-hydrogen) atoms. The highest BCUT2D eigenvalue weighted by Crippen LogP contribution is 2.11. The lowest BCUT2D eigenvalue weighted by molar-refractivity contribution is -0.123. The number of hydrazine groups is 1. The summed E-state index contributed by atoms with van der Waals surface area (Å²) in [4.78, 5) is 23.2. The summed E-state index contributed by atoms with van der Waals surface area (Å²) in [5.74, 6) is -0.857. The molecule has 2 amide bonds. The molecule has 0 radical (unpaired) electrons. The van der Waals surface area contributed by atoms with Crippen LogP contribution in [0, 0.1) is 0 Å². The first-order valence-electron chi connectivity index (χ1n) is 6.90. The van der Waals surface area contributed by atoms with Gasteiger partial charge in [-0.05, 0) is 35.4 Å². The van der Waals surface area contributed by atoms with Crippen molar-refractivity contribution in [2.24, 2.45) is 0 Å². The molecule has 0 spiro atoms. The zero-order valence-corrected chi connectivity index (χ0v) is 13.0. The van der Waals surface area contributed by atoms with Gasteiger partial charge in [0.05, 0.1) is 0 Å². The van der Waals surface area contributed by atoms with Crippen molar-refractivity contribution in [1.29, 1.82) is 0 Å². The molecular weight excluding hydrogens is 312 g/mol. The van der Waals surface area contributed by atoms with Gasteiger partial charge in [-0.1, -0.05) is 54.1 Å². The van der Waals surface area contributed by atoms with E-state index in [0.29, 0.717) is 5.02 Å². The summed E-state index contributed by atoms with van der Waals surface area (Å²) in [6, 6.07) is 16.5. The fourth-order valence-corrected chi connectivity index (χ4v) is 1.92. The highest BCUT2D eigenvalue weighted by atomic mass is 35.5. The Morgan fingerprint density at radius 1 is 0.783 bits per heavy atom. The van der Waals surface area contributed by atoms with Crippen LogP contribution in [0.1, 0.15) is 11.1 Å². The van der Waals surface area contributed by atoms with Gasteiger partial charge in [0.25, 0.3) is 11.8 Å². The summed E-state index contributed by atoms with van der Waals surface area (Å²) in [6.45, 7) is 0. The number of nitrogens with one attached hydrogen (secondary N) is 2. The van der Waals surface area contributed by atoms with E-state index in [4.69, 9.17) is 11.6 Å². The Bertz CT molecular complexity index is 740. The molecule has 0 saturated carbocycles. The molecule has 116 valence electrons. The molecule has 0 unspecified atom stereocenters. The first-order valence-corrected chi connectivity index (χ1v) is 7.28. The summed E-state index contributed by atoms with van der Waals surface area (Å²) in [5.41, 5.74) is 6.28. The Hall–Kier alpha value is -2.85. The Kier molecular flexibility index (Phi) is 6.15. The molecule has 0 aliphatic rings. The van der Waals surface area contributed by atoms with Crippen molar-refractivity contribution in [2.45, 2.75) is 0 Å². The molecule has 0 bridgehead atoms. The maximum absolute atomic E-state index is 11.6. The van der Waals surface area contributed by atoms with Crippen LogP contribution in [0.15, 0.2) is 66.7 Å². The fourth-order valence-electron chi connectivity index (χ4n) is 1.72. The zero-order valence-electron chi connectivity index (χ0n) is 12.2. The van der Waals surface area contributed by atoms with Crippen molar-refractivity contribution in [3.63, 3.8) is 0 Å². The molecule has 0 aliphatic carbocycles. The normalized spacial score (nSPS) is 10.8. The van der Waals surface area contributed by atoms with Crippen molar-refractivity contribution in [3.05, 3.63) is 82.9 Å². The minimum atomic E-state index is -0.438. The predicted molar refractivity (Wildman–Crippen MR) is 92.2 cm³/mol. The molecule has 2 N–H and O–H groups in total. The summed E-state index contributed by atoms with van der Waals surface area (Å²) in [7, 11) is 0. The number of hydrogen-bond acceptors (Lipinski definition) is 2. The third-order valence-electron chi connectivity index (χ3n) is 2.81. The van der Waals surface area contributed by atoms with Crippen LogP contribution in [-0.2, 0) is 9.59 Å². The average molecular weight is 327 g/mol. The molecule has 2 aromatic rings. The average Bonchev–Trinajstić information content (AvgIpc) is 2.57. The van der Waals surface area contributed by atoms with Gasteiger partial charge in [-0.15, -0.1) is 0 Å². The summed E-state index contributed by atoms with van der Waals surface area (Å²) < 4.78 is 0. The van der Waals surface area contributed by atoms with Crippen LogP contribution in [0.5, 0.6) is 0 Å². The van der Waals surface area contributed by atoms with Gasteiger partial charge in [0.2, 0.25) is 0 Å². The number of halogens is 1. The largest absolute Gasteiger partial charge is 0.268 e. The molecule has 2 aromatic carbocycles. The van der Waals surface area contributed by atoms with Crippen LogP contribution >= 0.6 is 11.6 Å². The monoisotopic (exact) mass is 326 g/mol. The topological polar surface area (TPSA) is 58.2 Å². The van der Waals surface area contributed by atoms with Crippen molar-refractivity contribution in [2.75, 3.05) is 0 Å². The van der Waals surface area contributed by atoms with E-state index in [9.17, 15) is 9.59 Å². The van der Waals surface area contributed by atoms with Crippen molar-refractivity contribution in [1.82, 2.24) is 10.9 Å². The number of benzene rings is 2. The molecule has 0 atom stereocenters. The van der Waals surface area contributed by atoms with Gasteiger partial charge in [-0.3, -0.25) is 20.4 Å². The lowest BCUT2D eigenvalue weighted by atomic mass is 10.2. The molecule has 0 saturated heterocycles. The number of hydrogen-bond donors (Lipinski definition) is 2. The third-order valence-corrected chi connectivity index (χ3v) is 3.05. The Labute approximate surface area is 139 Å². The maximum atomic E-state index is 11.6. The summed E-state index contributed by atoms with van der Waals surface area (Å²) >= 11 is 5.85. The number of amides is 2. The van der Waals surface area contributed by atoms with E-state index in [0.717, 1.165) is 11.1 Å². The fraction of sp³-hybridized carbons (Fsp3) is 0. The minimum Gasteiger partial charge on any atom is -0.268 e. The standard InChI is InChI=1S/C18H15ClN2O2/c19-16-8-4-7-15(13-16)10-12-18(23)21-20-17(22)11-9-14-5-2-1-3-6-14/h1-13H,(H,20,22)(H,21,23)/b11-9?,12-10+. The van der Waals surface area contributed by atoms with Gasteiger partial charge in [0.15, 0.2) is 0 Å². The first kappa shape index (κ1) is 16.5. The lowest BCUT2D eigenvalue weighted by Crippen LogP contribution is -2.39. The predicted octanol–water partition coefficient (Wildman–Crippen LogP) is 3.21. The van der Waals surface area contributed by atoms with Crippen LogP contribution in [-0.4, -0.2) is 11.8 Å². The second-order valence-corrected chi connectivity index (χ2v) is 5.05. The highest BCUT2D eigenvalue weighted by Gasteiger charge is 1.98. The molecular formula is C18H15ClN2O2. The number of carbonyl (C=O) groups is 2. The van der Waals surface area contributed by atoms with E-state index in [1.54, 1.807) is 30.4 Å². The Balaban J connectivity index is 1.80. The van der Waals surface area contributed by atoms with Crippen LogP contribution in [0.3, 0.4) is 0 Å². The molecule has 0 fully saturated rings. The van der Waals surface area contributed by atoms with Crippen LogP contribution in [0.4, 0.5) is 0 Å². The van der Waals surface area contributed by atoms with E-state index in [1.807, 2.05) is 36.4 Å². The summed E-state index contributed by atoms with van der Waals surface area (Å²) in [5, 5.41) is 0.590. The van der Waals surface area contributed by atoms with E-state index >= 15 is 0 Å². The molecule has 0 aliphatic heterocycles. The maximum Gasteiger partial charge on any atom is 0.262 e. The first-order chi connectivity index (χ1) is 11.1. The second kappa shape index (κ2) is 8.56. The van der Waals surface area contributed by atoms with Gasteiger partial charge in [0, 0.05) is 17.2 Å². The highest BCUT2D eigenvalue weighted by molar-refractivity contribution is 6.30. The molecule has 5 heteroatoms. The molecule has 0 heterocycles. The lowest BCUT2D eigenvalue weighted by Gasteiger charge is -2.01. The number of carbonyl (C=O) groups excluding carboxylic acids is 2. The van der Waals surface area contributed by atoms with Gasteiger partial charge >= 0.3 is 0 Å². The minimum absolute atomic E-state index is 0.418. The van der Waals surface area contributed by atoms with Crippen LogP contribution in [0.25, 0.3) is 12.2 Å². The van der Waals surface area contributed by atoms with Crippen molar-refractivity contribution >= 4 is 35.6 Å². The van der Waals surface area contributed by atoms with E-state index in [2.05, 4.69) is 10.9 Å². The second-order valence-electron chi connectivity index (χ2n) is 4.61. The number of rotatable bonds is 4. The third kappa shape index (κ3) is 6.20. The quantitative estimate of drug-likeness (QED) is 0.669. The van der Waals surface area contributed by atoms with Gasteiger partial charge in [0.1, 0.15) is 0 Å². The summed E-state index contributed by atoms with van der Waals surface area (Å²) in [6.07, 6.45) is 5.92.